The van der Waals surface area contributed by atoms with Crippen LogP contribution in [0.5, 0.6) is 0 Å². The highest BCUT2D eigenvalue weighted by molar-refractivity contribution is 9.10. The van der Waals surface area contributed by atoms with Crippen LogP contribution >= 0.6 is 15.9 Å². The van der Waals surface area contributed by atoms with Gasteiger partial charge in [0.2, 0.25) is 0 Å². The normalized spacial score (nSPS) is 14.7. The zero-order chi connectivity index (χ0) is 13.0. The molecule has 0 aromatic heterocycles. The molecule has 1 N–H and O–H groups in total. The van der Waals surface area contributed by atoms with Crippen molar-refractivity contribution in [2.75, 3.05) is 13.7 Å². The van der Waals surface area contributed by atoms with Crippen LogP contribution in [0.2, 0.25) is 0 Å². The lowest BCUT2D eigenvalue weighted by molar-refractivity contribution is 0.0809. The second-order valence-corrected chi connectivity index (χ2v) is 4.59. The second kappa shape index (κ2) is 6.42. The number of hydrogen-bond acceptors (Lipinski definition) is 2. The number of likely N-dealkylation sites (N-methyl/N-ethyl adjacent to an activating group) is 1. The number of halogens is 3. The number of methoxy groups -OCH3 is 1. The summed E-state index contributed by atoms with van der Waals surface area (Å²) in [4.78, 5) is 0. The van der Waals surface area contributed by atoms with Crippen LogP contribution < -0.4 is 5.32 Å². The van der Waals surface area contributed by atoms with E-state index in [0.29, 0.717) is 6.54 Å². The van der Waals surface area contributed by atoms with E-state index in [1.165, 1.54) is 19.2 Å². The van der Waals surface area contributed by atoms with Crippen LogP contribution in [0.3, 0.4) is 0 Å². The van der Waals surface area contributed by atoms with Gasteiger partial charge in [0.1, 0.15) is 11.6 Å². The Balaban J connectivity index is 3.22. The molecule has 0 saturated heterocycles. The van der Waals surface area contributed by atoms with Gasteiger partial charge in [-0.15, -0.1) is 0 Å². The molecule has 2 unspecified atom stereocenters. The van der Waals surface area contributed by atoms with Crippen molar-refractivity contribution < 1.29 is 13.5 Å². The first-order valence-corrected chi connectivity index (χ1v) is 6.21. The van der Waals surface area contributed by atoms with E-state index in [0.717, 1.165) is 0 Å². The van der Waals surface area contributed by atoms with Crippen molar-refractivity contribution in [2.24, 2.45) is 0 Å². The van der Waals surface area contributed by atoms with E-state index in [-0.39, 0.29) is 16.1 Å². The molecule has 0 radical (unpaired) electrons. The third-order valence-electron chi connectivity index (χ3n) is 2.66. The van der Waals surface area contributed by atoms with E-state index in [9.17, 15) is 8.78 Å². The first kappa shape index (κ1) is 14.5. The summed E-state index contributed by atoms with van der Waals surface area (Å²) in [6.45, 7) is 4.25. The Kier molecular flexibility index (Phi) is 5.49. The van der Waals surface area contributed by atoms with Gasteiger partial charge in [0, 0.05) is 12.7 Å². The van der Waals surface area contributed by atoms with Crippen LogP contribution in [0, 0.1) is 11.6 Å². The zero-order valence-corrected chi connectivity index (χ0v) is 11.6. The minimum atomic E-state index is -0.583. The predicted octanol–water partition coefficient (Wildman–Crippen LogP) is 3.41. The fourth-order valence-electron chi connectivity index (χ4n) is 1.69. The van der Waals surface area contributed by atoms with E-state index in [4.69, 9.17) is 4.74 Å². The van der Waals surface area contributed by atoms with Crippen molar-refractivity contribution in [3.63, 3.8) is 0 Å². The molecular weight excluding hydrogens is 292 g/mol. The molecule has 1 aromatic rings. The molecule has 0 amide bonds. The van der Waals surface area contributed by atoms with E-state index in [2.05, 4.69) is 21.2 Å². The molecule has 1 rings (SSSR count). The lowest BCUT2D eigenvalue weighted by Gasteiger charge is -2.25. The van der Waals surface area contributed by atoms with Gasteiger partial charge in [-0.2, -0.15) is 0 Å². The van der Waals surface area contributed by atoms with Gasteiger partial charge in [0.25, 0.3) is 0 Å². The molecule has 0 aliphatic rings. The van der Waals surface area contributed by atoms with Crippen molar-refractivity contribution in [1.82, 2.24) is 5.32 Å². The molecule has 96 valence electrons. The second-order valence-electron chi connectivity index (χ2n) is 3.73. The summed E-state index contributed by atoms with van der Waals surface area (Å²) in [7, 11) is 1.52. The van der Waals surface area contributed by atoms with Crippen LogP contribution in [0.4, 0.5) is 8.78 Å². The van der Waals surface area contributed by atoms with Gasteiger partial charge in [-0.1, -0.05) is 6.92 Å². The largest absolute Gasteiger partial charge is 0.380 e. The quantitative estimate of drug-likeness (QED) is 0.842. The number of nitrogens with one attached hydrogen (secondary N) is 1. The Morgan fingerprint density at radius 1 is 1.41 bits per heavy atom. The summed E-state index contributed by atoms with van der Waals surface area (Å²) < 4.78 is 33.1. The zero-order valence-electron chi connectivity index (χ0n) is 10.1. The molecule has 0 aliphatic carbocycles. The van der Waals surface area contributed by atoms with Crippen molar-refractivity contribution in [2.45, 2.75) is 26.0 Å². The molecule has 5 heteroatoms. The Hall–Kier alpha value is -0.520. The fourth-order valence-corrected chi connectivity index (χ4v) is 2.03. The summed E-state index contributed by atoms with van der Waals surface area (Å²) in [5.74, 6) is -1.15. The maximum Gasteiger partial charge on any atom is 0.145 e. The van der Waals surface area contributed by atoms with Gasteiger partial charge in [-0.3, -0.25) is 0 Å². The molecule has 0 saturated carbocycles. The molecule has 1 aromatic carbocycles. The average molecular weight is 308 g/mol. The molecule has 17 heavy (non-hydrogen) atoms. The maximum atomic E-state index is 14.0. The monoisotopic (exact) mass is 307 g/mol. The van der Waals surface area contributed by atoms with Crippen molar-refractivity contribution in [3.05, 3.63) is 33.8 Å². The van der Waals surface area contributed by atoms with Gasteiger partial charge >= 0.3 is 0 Å². The highest BCUT2D eigenvalue weighted by Gasteiger charge is 2.26. The van der Waals surface area contributed by atoms with E-state index in [1.54, 1.807) is 6.92 Å². The molecule has 0 bridgehead atoms. The number of rotatable bonds is 5. The topological polar surface area (TPSA) is 21.3 Å². The maximum absolute atomic E-state index is 14.0. The first-order chi connectivity index (χ1) is 8.02. The fraction of sp³-hybridized carbons (Fsp3) is 0.500. The SMILES string of the molecule is CCNC(c1c(F)ccc(Br)c1F)C(C)OC. The molecular formula is C12H16BrF2NO. The lowest BCUT2D eigenvalue weighted by atomic mass is 10.0. The summed E-state index contributed by atoms with van der Waals surface area (Å²) in [6, 6.07) is 2.09. The van der Waals surface area contributed by atoms with E-state index < -0.39 is 17.7 Å². The summed E-state index contributed by atoms with van der Waals surface area (Å²) >= 11 is 3.06. The van der Waals surface area contributed by atoms with Crippen LogP contribution in [0.1, 0.15) is 25.5 Å². The molecule has 2 atom stereocenters. The summed E-state index contributed by atoms with van der Waals surface area (Å²) in [6.07, 6.45) is -0.326. The van der Waals surface area contributed by atoms with Gasteiger partial charge in [0.05, 0.1) is 16.6 Å². The molecule has 0 aliphatic heterocycles. The third kappa shape index (κ3) is 3.24. The average Bonchev–Trinajstić information content (AvgIpc) is 2.32. The smallest absolute Gasteiger partial charge is 0.145 e. The van der Waals surface area contributed by atoms with Gasteiger partial charge < -0.3 is 10.1 Å². The first-order valence-electron chi connectivity index (χ1n) is 5.42. The standard InChI is InChI=1S/C12H16BrF2NO/c1-4-16-12(7(2)17-3)10-9(14)6-5-8(13)11(10)15/h5-7,12,16H,4H2,1-3H3. The minimum Gasteiger partial charge on any atom is -0.380 e. The number of benzene rings is 1. The Bertz CT molecular complexity index is 387. The van der Waals surface area contributed by atoms with Crippen molar-refractivity contribution >= 4 is 15.9 Å². The van der Waals surface area contributed by atoms with Gasteiger partial charge in [-0.25, -0.2) is 8.78 Å². The summed E-state index contributed by atoms with van der Waals surface area (Å²) in [5, 5.41) is 3.03. The third-order valence-corrected chi connectivity index (χ3v) is 3.27. The van der Waals surface area contributed by atoms with Crippen LogP contribution in [-0.2, 0) is 4.74 Å². The molecule has 0 spiro atoms. The van der Waals surface area contributed by atoms with Crippen LogP contribution in [-0.4, -0.2) is 19.8 Å². The van der Waals surface area contributed by atoms with E-state index in [1.807, 2.05) is 6.92 Å². The Morgan fingerprint density at radius 2 is 2.06 bits per heavy atom. The van der Waals surface area contributed by atoms with Crippen LogP contribution in [0.15, 0.2) is 16.6 Å². The van der Waals surface area contributed by atoms with Crippen LogP contribution in [0.25, 0.3) is 0 Å². The van der Waals surface area contributed by atoms with Crippen molar-refractivity contribution in [3.8, 4) is 0 Å². The molecule has 2 nitrogen and oxygen atoms in total. The van der Waals surface area contributed by atoms with Gasteiger partial charge in [-0.05, 0) is 41.5 Å². The van der Waals surface area contributed by atoms with Gasteiger partial charge in [0.15, 0.2) is 0 Å². The highest BCUT2D eigenvalue weighted by atomic mass is 79.9. The van der Waals surface area contributed by atoms with Crippen molar-refractivity contribution in [1.29, 1.82) is 0 Å². The number of ether oxygens (including phenoxy) is 1. The Morgan fingerprint density at radius 3 is 2.59 bits per heavy atom. The highest BCUT2D eigenvalue weighted by Crippen LogP contribution is 2.29. The lowest BCUT2D eigenvalue weighted by Crippen LogP contribution is -2.33. The predicted molar refractivity (Wildman–Crippen MR) is 66.9 cm³/mol. The molecule has 0 heterocycles. The minimum absolute atomic E-state index is 0.00979. The van der Waals surface area contributed by atoms with E-state index >= 15 is 0 Å². The summed E-state index contributed by atoms with van der Waals surface area (Å²) in [5.41, 5.74) is 0.00979. The Labute approximate surface area is 108 Å². The number of hydrogen-bond donors (Lipinski definition) is 1. The molecule has 0 fully saturated rings.